The molecule has 0 spiro atoms. The fraction of sp³-hybridized carbons (Fsp3) is 0.500. The van der Waals surface area contributed by atoms with Crippen LogP contribution in [0.4, 0.5) is 5.69 Å². The van der Waals surface area contributed by atoms with E-state index in [9.17, 15) is 18.0 Å². The average molecular weight is 548 g/mol. The summed E-state index contributed by atoms with van der Waals surface area (Å²) in [6.07, 6.45) is 6.64. The molecule has 7 nitrogen and oxygen atoms in total. The van der Waals surface area contributed by atoms with Crippen LogP contribution in [-0.2, 0) is 26.2 Å². The fourth-order valence-corrected chi connectivity index (χ4v) is 6.06. The third-order valence-electron chi connectivity index (χ3n) is 6.94. The maximum atomic E-state index is 13.9. The van der Waals surface area contributed by atoms with Crippen LogP contribution in [0.1, 0.15) is 62.1 Å². The molecular formula is C28H38ClN3O4S. The highest BCUT2D eigenvalue weighted by atomic mass is 35.5. The molecule has 1 saturated carbocycles. The number of nitrogens with one attached hydrogen (secondary N) is 1. The van der Waals surface area contributed by atoms with Gasteiger partial charge in [0.25, 0.3) is 0 Å². The van der Waals surface area contributed by atoms with Crippen molar-refractivity contribution in [3.63, 3.8) is 0 Å². The third kappa shape index (κ3) is 7.71. The first-order valence-corrected chi connectivity index (χ1v) is 15.1. The molecule has 1 aliphatic carbocycles. The molecule has 1 fully saturated rings. The summed E-state index contributed by atoms with van der Waals surface area (Å²) >= 11 is 6.42. The number of amides is 2. The van der Waals surface area contributed by atoms with E-state index in [-0.39, 0.29) is 18.5 Å². The number of halogens is 1. The summed E-state index contributed by atoms with van der Waals surface area (Å²) < 4.78 is 26.8. The predicted octanol–water partition coefficient (Wildman–Crippen LogP) is 4.98. The second-order valence-electron chi connectivity index (χ2n) is 9.94. The van der Waals surface area contributed by atoms with Gasteiger partial charge in [-0.05, 0) is 56.4 Å². The number of benzene rings is 2. The highest BCUT2D eigenvalue weighted by Gasteiger charge is 2.33. The maximum Gasteiger partial charge on any atom is 0.244 e. The summed E-state index contributed by atoms with van der Waals surface area (Å²) in [5, 5.41) is 3.62. The molecule has 2 aromatic carbocycles. The molecule has 37 heavy (non-hydrogen) atoms. The molecule has 0 aromatic heterocycles. The Morgan fingerprint density at radius 2 is 1.76 bits per heavy atom. The smallest absolute Gasteiger partial charge is 0.244 e. The Morgan fingerprint density at radius 3 is 2.35 bits per heavy atom. The summed E-state index contributed by atoms with van der Waals surface area (Å²) in [6, 6.07) is 11.9. The molecule has 0 bridgehead atoms. The number of carbonyl (C=O) groups excluding carboxylic acids is 2. The Morgan fingerprint density at radius 1 is 1.08 bits per heavy atom. The maximum absolute atomic E-state index is 13.9. The van der Waals surface area contributed by atoms with Gasteiger partial charge in [-0.1, -0.05) is 73.7 Å². The van der Waals surface area contributed by atoms with Crippen molar-refractivity contribution in [3.8, 4) is 0 Å². The van der Waals surface area contributed by atoms with Crippen LogP contribution in [0.5, 0.6) is 0 Å². The highest BCUT2D eigenvalue weighted by Crippen LogP contribution is 2.26. The van der Waals surface area contributed by atoms with Crippen molar-refractivity contribution in [2.24, 2.45) is 0 Å². The first-order chi connectivity index (χ1) is 17.5. The minimum absolute atomic E-state index is 0.0929. The second kappa shape index (κ2) is 12.8. The number of anilines is 1. The van der Waals surface area contributed by atoms with E-state index in [4.69, 9.17) is 11.6 Å². The lowest BCUT2D eigenvalue weighted by molar-refractivity contribution is -0.140. The molecule has 1 atom stereocenters. The van der Waals surface area contributed by atoms with Crippen molar-refractivity contribution in [2.75, 3.05) is 17.1 Å². The first kappa shape index (κ1) is 29.0. The van der Waals surface area contributed by atoms with Gasteiger partial charge in [0.15, 0.2) is 0 Å². The van der Waals surface area contributed by atoms with Gasteiger partial charge in [0, 0.05) is 17.6 Å². The molecule has 0 aliphatic heterocycles. The van der Waals surface area contributed by atoms with Crippen LogP contribution >= 0.6 is 11.6 Å². The summed E-state index contributed by atoms with van der Waals surface area (Å²) in [5.74, 6) is -0.678. The van der Waals surface area contributed by atoms with Gasteiger partial charge in [-0.2, -0.15) is 0 Å². The van der Waals surface area contributed by atoms with E-state index in [0.717, 1.165) is 47.4 Å². The van der Waals surface area contributed by atoms with E-state index >= 15 is 0 Å². The SMILES string of the molecule is CCC(C(=O)NC1CCCCC1)N(Cc1ccccc1Cl)C(=O)CN(c1ccc(C)cc1C)S(C)(=O)=O. The number of sulfonamides is 1. The van der Waals surface area contributed by atoms with E-state index in [1.807, 2.05) is 45.0 Å². The van der Waals surface area contributed by atoms with Crippen molar-refractivity contribution in [3.05, 3.63) is 64.2 Å². The molecular weight excluding hydrogens is 510 g/mol. The minimum Gasteiger partial charge on any atom is -0.352 e. The van der Waals surface area contributed by atoms with E-state index in [1.54, 1.807) is 18.2 Å². The number of hydrogen-bond donors (Lipinski definition) is 1. The molecule has 0 radical (unpaired) electrons. The molecule has 2 amide bonds. The zero-order chi connectivity index (χ0) is 27.2. The Balaban J connectivity index is 1.94. The molecule has 2 aromatic rings. The Labute approximate surface area is 226 Å². The molecule has 202 valence electrons. The zero-order valence-corrected chi connectivity index (χ0v) is 23.7. The molecule has 9 heteroatoms. The van der Waals surface area contributed by atoms with E-state index in [2.05, 4.69) is 5.32 Å². The molecule has 0 saturated heterocycles. The van der Waals surface area contributed by atoms with Crippen LogP contribution in [0.25, 0.3) is 0 Å². The number of hydrogen-bond acceptors (Lipinski definition) is 4. The lowest BCUT2D eigenvalue weighted by atomic mass is 9.95. The summed E-state index contributed by atoms with van der Waals surface area (Å²) in [5.41, 5.74) is 2.88. The van der Waals surface area contributed by atoms with Gasteiger partial charge in [-0.15, -0.1) is 0 Å². The van der Waals surface area contributed by atoms with Crippen LogP contribution in [0.3, 0.4) is 0 Å². The monoisotopic (exact) mass is 547 g/mol. The quantitative estimate of drug-likeness (QED) is 0.454. The van der Waals surface area contributed by atoms with E-state index in [0.29, 0.717) is 22.7 Å². The topological polar surface area (TPSA) is 86.8 Å². The molecule has 0 heterocycles. The van der Waals surface area contributed by atoms with Gasteiger partial charge in [0.1, 0.15) is 12.6 Å². The summed E-state index contributed by atoms with van der Waals surface area (Å²) in [7, 11) is -3.78. The Bertz CT molecular complexity index is 1210. The van der Waals surface area contributed by atoms with Crippen molar-refractivity contribution in [2.45, 2.75) is 77.9 Å². The molecule has 1 N–H and O–H groups in total. The number of aryl methyl sites for hydroxylation is 2. The molecule has 3 rings (SSSR count). The van der Waals surface area contributed by atoms with E-state index < -0.39 is 28.5 Å². The largest absolute Gasteiger partial charge is 0.352 e. The van der Waals surface area contributed by atoms with Gasteiger partial charge in [0.2, 0.25) is 21.8 Å². The van der Waals surface area contributed by atoms with Gasteiger partial charge in [0.05, 0.1) is 11.9 Å². The predicted molar refractivity (Wildman–Crippen MR) is 149 cm³/mol. The second-order valence-corrected chi connectivity index (χ2v) is 12.3. The van der Waals surface area contributed by atoms with Crippen molar-refractivity contribution in [1.29, 1.82) is 0 Å². The van der Waals surface area contributed by atoms with Crippen LogP contribution in [0, 0.1) is 13.8 Å². The standard InChI is InChI=1S/C28H38ClN3O4S/c1-5-25(28(34)30-23-12-7-6-8-13-23)31(18-22-11-9-10-14-24(22)29)27(33)19-32(37(4,35)36)26-16-15-20(2)17-21(26)3/h9-11,14-17,23,25H,5-8,12-13,18-19H2,1-4H3,(H,30,34). The average Bonchev–Trinajstić information content (AvgIpc) is 2.84. The van der Waals surface area contributed by atoms with Gasteiger partial charge >= 0.3 is 0 Å². The number of rotatable bonds is 10. The van der Waals surface area contributed by atoms with Crippen molar-refractivity contribution < 1.29 is 18.0 Å². The number of carbonyl (C=O) groups is 2. The van der Waals surface area contributed by atoms with Crippen LogP contribution in [-0.4, -0.2) is 50.0 Å². The van der Waals surface area contributed by atoms with Gasteiger partial charge in [-0.25, -0.2) is 8.42 Å². The number of nitrogens with zero attached hydrogens (tertiary/aromatic N) is 2. The Hall–Kier alpha value is -2.58. The van der Waals surface area contributed by atoms with Crippen LogP contribution < -0.4 is 9.62 Å². The first-order valence-electron chi connectivity index (χ1n) is 12.9. The molecule has 1 unspecified atom stereocenters. The van der Waals surface area contributed by atoms with E-state index in [1.165, 1.54) is 11.3 Å². The lowest BCUT2D eigenvalue weighted by Crippen LogP contribution is -2.54. The van der Waals surface area contributed by atoms with Crippen LogP contribution in [0.2, 0.25) is 5.02 Å². The minimum atomic E-state index is -3.78. The van der Waals surface area contributed by atoms with Crippen LogP contribution in [0.15, 0.2) is 42.5 Å². The Kier molecular flexibility index (Phi) is 10.0. The van der Waals surface area contributed by atoms with Gasteiger partial charge < -0.3 is 10.2 Å². The summed E-state index contributed by atoms with van der Waals surface area (Å²) in [4.78, 5) is 28.8. The van der Waals surface area contributed by atoms with Gasteiger partial charge in [-0.3, -0.25) is 13.9 Å². The fourth-order valence-electron chi connectivity index (χ4n) is 4.95. The zero-order valence-electron chi connectivity index (χ0n) is 22.2. The lowest BCUT2D eigenvalue weighted by Gasteiger charge is -2.34. The third-order valence-corrected chi connectivity index (χ3v) is 8.43. The van der Waals surface area contributed by atoms with Crippen molar-refractivity contribution in [1.82, 2.24) is 10.2 Å². The van der Waals surface area contributed by atoms with Crippen molar-refractivity contribution >= 4 is 39.1 Å². The highest BCUT2D eigenvalue weighted by molar-refractivity contribution is 7.92. The summed E-state index contributed by atoms with van der Waals surface area (Å²) in [6.45, 7) is 5.28. The molecule has 1 aliphatic rings. The normalized spacial score (nSPS) is 15.2.